The third kappa shape index (κ3) is 5.11. The Morgan fingerprint density at radius 3 is 2.85 bits per heavy atom. The molecule has 1 aliphatic carbocycles. The molecule has 0 fully saturated rings. The Morgan fingerprint density at radius 2 is 2.12 bits per heavy atom. The molecule has 3 aromatic rings. The lowest BCUT2D eigenvalue weighted by Gasteiger charge is -2.11. The molecule has 33 heavy (non-hydrogen) atoms. The summed E-state index contributed by atoms with van der Waals surface area (Å²) in [5.41, 5.74) is 6.74. The molecule has 3 aromatic heterocycles. The van der Waals surface area contributed by atoms with Crippen molar-refractivity contribution in [1.82, 2.24) is 14.8 Å². The number of hydrogen-bond acceptors (Lipinski definition) is 9. The van der Waals surface area contributed by atoms with E-state index in [1.54, 1.807) is 16.7 Å². The quantitative estimate of drug-likeness (QED) is 0.345. The Bertz CT molecular complexity index is 1170. The van der Waals surface area contributed by atoms with Gasteiger partial charge in [-0.1, -0.05) is 11.8 Å². The van der Waals surface area contributed by atoms with E-state index in [-0.39, 0.29) is 24.6 Å². The van der Waals surface area contributed by atoms with Gasteiger partial charge in [-0.15, -0.1) is 21.5 Å². The molecule has 10 nitrogen and oxygen atoms in total. The first-order valence-corrected chi connectivity index (χ1v) is 12.2. The minimum Gasteiger partial charge on any atom is -0.465 e. The number of fused-ring (bicyclic) bond motifs is 1. The second-order valence-corrected chi connectivity index (χ2v) is 9.44. The summed E-state index contributed by atoms with van der Waals surface area (Å²) < 4.78 is 12.1. The van der Waals surface area contributed by atoms with Crippen molar-refractivity contribution < 1.29 is 23.5 Å². The summed E-state index contributed by atoms with van der Waals surface area (Å²) in [4.78, 5) is 37.6. The first-order chi connectivity index (χ1) is 16.0. The molecule has 1 aliphatic rings. The van der Waals surface area contributed by atoms with E-state index in [2.05, 4.69) is 15.5 Å². The maximum atomic E-state index is 12.7. The first kappa shape index (κ1) is 23.1. The summed E-state index contributed by atoms with van der Waals surface area (Å²) in [6.45, 7) is 0.256. The summed E-state index contributed by atoms with van der Waals surface area (Å²) in [6, 6.07) is 3.46. The Morgan fingerprint density at radius 1 is 1.30 bits per heavy atom. The number of carbonyl (C=O) groups excluding carboxylic acids is 3. The molecule has 0 saturated carbocycles. The lowest BCUT2D eigenvalue weighted by Crippen LogP contribution is -2.17. The van der Waals surface area contributed by atoms with Gasteiger partial charge in [-0.05, 0) is 43.4 Å². The van der Waals surface area contributed by atoms with Gasteiger partial charge in [0.1, 0.15) is 5.00 Å². The minimum absolute atomic E-state index is 0.0377. The van der Waals surface area contributed by atoms with Gasteiger partial charge in [0.05, 0.1) is 24.7 Å². The molecule has 2 amide bonds. The first-order valence-electron chi connectivity index (χ1n) is 10.4. The highest BCUT2D eigenvalue weighted by atomic mass is 32.2. The van der Waals surface area contributed by atoms with E-state index in [4.69, 9.17) is 14.9 Å². The molecule has 0 saturated heterocycles. The summed E-state index contributed by atoms with van der Waals surface area (Å²) >= 11 is 2.60. The van der Waals surface area contributed by atoms with Crippen LogP contribution in [0.1, 0.15) is 40.1 Å². The van der Waals surface area contributed by atoms with Crippen LogP contribution in [0.25, 0.3) is 11.6 Å². The van der Waals surface area contributed by atoms with Gasteiger partial charge < -0.3 is 20.2 Å². The number of aromatic nitrogens is 3. The van der Waals surface area contributed by atoms with Gasteiger partial charge in [-0.3, -0.25) is 14.2 Å². The van der Waals surface area contributed by atoms with Crippen LogP contribution in [0.3, 0.4) is 0 Å². The van der Waals surface area contributed by atoms with Crippen LogP contribution >= 0.6 is 23.1 Å². The van der Waals surface area contributed by atoms with Gasteiger partial charge in [-0.25, -0.2) is 4.79 Å². The molecule has 0 atom stereocenters. The van der Waals surface area contributed by atoms with Crippen LogP contribution in [0.15, 0.2) is 28.0 Å². The Hall–Kier alpha value is -3.12. The lowest BCUT2D eigenvalue weighted by molar-refractivity contribution is -0.118. The largest absolute Gasteiger partial charge is 0.465 e. The number of carbonyl (C=O) groups is 3. The van der Waals surface area contributed by atoms with E-state index in [0.717, 1.165) is 36.1 Å². The zero-order valence-corrected chi connectivity index (χ0v) is 19.6. The zero-order valence-electron chi connectivity index (χ0n) is 18.0. The van der Waals surface area contributed by atoms with E-state index in [0.29, 0.717) is 27.3 Å². The maximum Gasteiger partial charge on any atom is 0.341 e. The molecule has 0 spiro atoms. The van der Waals surface area contributed by atoms with Crippen molar-refractivity contribution in [3.05, 3.63) is 34.4 Å². The number of thiophene rings is 1. The fraction of sp³-hybridized carbons (Fsp3) is 0.381. The number of ether oxygens (including phenoxy) is 1. The lowest BCUT2D eigenvalue weighted by atomic mass is 9.95. The molecule has 0 aliphatic heterocycles. The molecule has 12 heteroatoms. The third-order valence-electron chi connectivity index (χ3n) is 5.19. The third-order valence-corrected chi connectivity index (χ3v) is 7.36. The zero-order chi connectivity index (χ0) is 23.4. The van der Waals surface area contributed by atoms with Crippen LogP contribution in [0.4, 0.5) is 5.00 Å². The highest BCUT2D eigenvalue weighted by Gasteiger charge is 2.27. The van der Waals surface area contributed by atoms with Crippen LogP contribution < -0.4 is 11.1 Å². The van der Waals surface area contributed by atoms with Crippen molar-refractivity contribution in [2.45, 2.75) is 43.8 Å². The molecular weight excluding hydrogens is 466 g/mol. The van der Waals surface area contributed by atoms with Crippen molar-refractivity contribution in [3.8, 4) is 11.6 Å². The number of amides is 2. The molecule has 4 rings (SSSR count). The number of nitrogens with one attached hydrogen (secondary N) is 1. The SMILES string of the molecule is COC(=O)c1c(NC(=O)CSc2nnc(-c3ccco3)n2CCC(N)=O)sc2c1CCCC2. The van der Waals surface area contributed by atoms with Crippen LogP contribution in [0.2, 0.25) is 0 Å². The second kappa shape index (κ2) is 10.2. The van der Waals surface area contributed by atoms with Crippen molar-refractivity contribution in [2.24, 2.45) is 5.73 Å². The van der Waals surface area contributed by atoms with Crippen molar-refractivity contribution >= 4 is 45.9 Å². The fourth-order valence-corrected chi connectivity index (χ4v) is 5.73. The molecule has 3 heterocycles. The predicted molar refractivity (Wildman–Crippen MR) is 123 cm³/mol. The van der Waals surface area contributed by atoms with Gasteiger partial charge >= 0.3 is 5.97 Å². The topological polar surface area (TPSA) is 142 Å². The van der Waals surface area contributed by atoms with Gasteiger partial charge in [0.2, 0.25) is 11.8 Å². The van der Waals surface area contributed by atoms with E-state index in [1.165, 1.54) is 36.5 Å². The number of nitrogens with two attached hydrogens (primary N) is 1. The summed E-state index contributed by atoms with van der Waals surface area (Å²) in [6.07, 6.45) is 5.38. The van der Waals surface area contributed by atoms with E-state index in [1.807, 2.05) is 0 Å². The minimum atomic E-state index is -0.459. The number of rotatable bonds is 9. The van der Waals surface area contributed by atoms with E-state index >= 15 is 0 Å². The van der Waals surface area contributed by atoms with E-state index < -0.39 is 11.9 Å². The number of methoxy groups -OCH3 is 1. The van der Waals surface area contributed by atoms with Gasteiger partial charge in [0.15, 0.2) is 16.7 Å². The number of thioether (sulfide) groups is 1. The average molecular weight is 490 g/mol. The molecule has 174 valence electrons. The smallest absolute Gasteiger partial charge is 0.341 e. The van der Waals surface area contributed by atoms with Crippen molar-refractivity contribution in [2.75, 3.05) is 18.2 Å². The number of esters is 1. The normalized spacial score (nSPS) is 12.9. The summed E-state index contributed by atoms with van der Waals surface area (Å²) in [7, 11) is 1.34. The van der Waals surface area contributed by atoms with Crippen LogP contribution in [-0.2, 0) is 33.7 Å². The molecule has 0 bridgehead atoms. The molecule has 3 N–H and O–H groups in total. The summed E-state index contributed by atoms with van der Waals surface area (Å²) in [5, 5.41) is 12.1. The molecule has 0 radical (unpaired) electrons. The fourth-order valence-electron chi connectivity index (χ4n) is 3.67. The van der Waals surface area contributed by atoms with Gasteiger partial charge in [0, 0.05) is 17.8 Å². The number of aryl methyl sites for hydroxylation is 1. The molecule has 0 aromatic carbocycles. The number of furan rings is 1. The van der Waals surface area contributed by atoms with E-state index in [9.17, 15) is 14.4 Å². The standard InChI is InChI=1S/C21H23N5O5S2/c1-30-20(29)17-12-5-2-3-7-14(12)33-19(17)23-16(28)11-32-21-25-24-18(13-6-4-10-31-13)26(21)9-8-15(22)27/h4,6,10H,2-3,5,7-9,11H2,1H3,(H2,22,27)(H,23,28). The average Bonchev–Trinajstić information content (AvgIpc) is 3.53. The Kier molecular flexibility index (Phi) is 7.14. The number of nitrogens with zero attached hydrogens (tertiary/aromatic N) is 3. The monoisotopic (exact) mass is 489 g/mol. The predicted octanol–water partition coefficient (Wildman–Crippen LogP) is 2.87. The van der Waals surface area contributed by atoms with Crippen LogP contribution in [-0.4, -0.2) is 45.4 Å². The second-order valence-electron chi connectivity index (χ2n) is 7.39. The van der Waals surface area contributed by atoms with Crippen LogP contribution in [0, 0.1) is 0 Å². The highest BCUT2D eigenvalue weighted by molar-refractivity contribution is 7.99. The van der Waals surface area contributed by atoms with Gasteiger partial charge in [0.25, 0.3) is 0 Å². The van der Waals surface area contributed by atoms with Crippen molar-refractivity contribution in [1.29, 1.82) is 0 Å². The summed E-state index contributed by atoms with van der Waals surface area (Å²) in [5.74, 6) is -0.201. The van der Waals surface area contributed by atoms with Crippen molar-refractivity contribution in [3.63, 3.8) is 0 Å². The van der Waals surface area contributed by atoms with Crippen LogP contribution in [0.5, 0.6) is 0 Å². The maximum absolute atomic E-state index is 12.7. The highest BCUT2D eigenvalue weighted by Crippen LogP contribution is 2.38. The van der Waals surface area contributed by atoms with Gasteiger partial charge in [-0.2, -0.15) is 0 Å². The Labute approximate surface area is 197 Å². The number of primary amides is 1. The molecular formula is C21H23N5O5S2. The number of anilines is 1. The number of hydrogen-bond donors (Lipinski definition) is 2. The Balaban J connectivity index is 1.49. The molecule has 0 unspecified atom stereocenters.